The highest BCUT2D eigenvalue weighted by Gasteiger charge is 2.13. The highest BCUT2D eigenvalue weighted by atomic mass is 79.9. The SMILES string of the molecule is Br.Br.NCC(S/C=N/N)C(=O)O. The van der Waals surface area contributed by atoms with Gasteiger partial charge in [-0.15, -0.1) is 34.0 Å². The maximum atomic E-state index is 10.2. The Balaban J connectivity index is -0.000000405. The van der Waals surface area contributed by atoms with E-state index >= 15 is 0 Å². The molecule has 8 heteroatoms. The van der Waals surface area contributed by atoms with Gasteiger partial charge in [0.1, 0.15) is 5.25 Å². The van der Waals surface area contributed by atoms with Gasteiger partial charge in [-0.2, -0.15) is 5.10 Å². The maximum Gasteiger partial charge on any atom is 0.318 e. The van der Waals surface area contributed by atoms with Gasteiger partial charge in [0.2, 0.25) is 0 Å². The minimum absolute atomic E-state index is 0. The lowest BCUT2D eigenvalue weighted by atomic mass is 10.4. The topological polar surface area (TPSA) is 102 Å². The van der Waals surface area contributed by atoms with Crippen LogP contribution in [0.15, 0.2) is 5.10 Å². The van der Waals surface area contributed by atoms with E-state index in [9.17, 15) is 4.79 Å². The van der Waals surface area contributed by atoms with Gasteiger partial charge in [-0.1, -0.05) is 11.8 Å². The zero-order chi connectivity index (χ0) is 7.98. The molecule has 0 fully saturated rings. The molecule has 0 spiro atoms. The monoisotopic (exact) mass is 323 g/mol. The van der Waals surface area contributed by atoms with Crippen molar-refractivity contribution in [1.29, 1.82) is 0 Å². The molecule has 0 aliphatic heterocycles. The molecule has 1 unspecified atom stereocenters. The molecular formula is C4H11Br2N3O2S. The molecule has 74 valence electrons. The van der Waals surface area contributed by atoms with Gasteiger partial charge in [0.15, 0.2) is 0 Å². The molecule has 12 heavy (non-hydrogen) atoms. The van der Waals surface area contributed by atoms with Crippen molar-refractivity contribution in [2.24, 2.45) is 16.7 Å². The number of aliphatic carboxylic acids is 1. The van der Waals surface area contributed by atoms with Crippen molar-refractivity contribution in [2.45, 2.75) is 5.25 Å². The van der Waals surface area contributed by atoms with Crippen molar-refractivity contribution < 1.29 is 9.90 Å². The number of hydrogen-bond acceptors (Lipinski definition) is 5. The third-order valence-corrected chi connectivity index (χ3v) is 1.74. The number of hydrogen-bond donors (Lipinski definition) is 3. The molecule has 0 radical (unpaired) electrons. The highest BCUT2D eigenvalue weighted by molar-refractivity contribution is 8.93. The zero-order valence-corrected chi connectivity index (χ0v) is 10.3. The van der Waals surface area contributed by atoms with Gasteiger partial charge in [0.25, 0.3) is 0 Å². The largest absolute Gasteiger partial charge is 0.480 e. The molecule has 5 nitrogen and oxygen atoms in total. The van der Waals surface area contributed by atoms with Crippen LogP contribution < -0.4 is 11.6 Å². The van der Waals surface area contributed by atoms with Crippen LogP contribution in [0.25, 0.3) is 0 Å². The molecule has 0 saturated carbocycles. The quantitative estimate of drug-likeness (QED) is 0.296. The molecular weight excluding hydrogens is 314 g/mol. The van der Waals surface area contributed by atoms with Crippen molar-refractivity contribution in [3.8, 4) is 0 Å². The van der Waals surface area contributed by atoms with Gasteiger partial charge in [-0.25, -0.2) is 0 Å². The van der Waals surface area contributed by atoms with E-state index in [4.69, 9.17) is 16.7 Å². The Morgan fingerprint density at radius 1 is 1.67 bits per heavy atom. The average Bonchev–Trinajstić information content (AvgIpc) is 1.89. The van der Waals surface area contributed by atoms with Gasteiger partial charge < -0.3 is 16.7 Å². The van der Waals surface area contributed by atoms with E-state index in [1.807, 2.05) is 0 Å². The summed E-state index contributed by atoms with van der Waals surface area (Å²) < 4.78 is 0. The van der Waals surface area contributed by atoms with E-state index in [1.54, 1.807) is 0 Å². The van der Waals surface area contributed by atoms with Crippen LogP contribution in [0.2, 0.25) is 0 Å². The van der Waals surface area contributed by atoms with E-state index in [0.29, 0.717) is 0 Å². The van der Waals surface area contributed by atoms with E-state index < -0.39 is 11.2 Å². The number of rotatable bonds is 4. The van der Waals surface area contributed by atoms with Crippen LogP contribution in [-0.2, 0) is 4.79 Å². The second-order valence-corrected chi connectivity index (χ2v) is 2.51. The van der Waals surface area contributed by atoms with Crippen molar-refractivity contribution >= 4 is 57.2 Å². The van der Waals surface area contributed by atoms with Gasteiger partial charge in [0.05, 0.1) is 5.55 Å². The first-order valence-electron chi connectivity index (χ1n) is 2.52. The lowest BCUT2D eigenvalue weighted by Crippen LogP contribution is -2.25. The number of thioether (sulfide) groups is 1. The molecule has 0 aliphatic carbocycles. The molecule has 0 aromatic heterocycles. The molecule has 1 atom stereocenters. The smallest absolute Gasteiger partial charge is 0.318 e. The Morgan fingerprint density at radius 3 is 2.42 bits per heavy atom. The number of nitrogens with two attached hydrogens (primary N) is 2. The summed E-state index contributed by atoms with van der Waals surface area (Å²) in [6, 6.07) is 0. The van der Waals surface area contributed by atoms with Crippen LogP contribution in [0.4, 0.5) is 0 Å². The highest BCUT2D eigenvalue weighted by Crippen LogP contribution is 2.04. The molecule has 0 heterocycles. The van der Waals surface area contributed by atoms with Gasteiger partial charge >= 0.3 is 5.97 Å². The van der Waals surface area contributed by atoms with E-state index in [-0.39, 0.29) is 40.5 Å². The Hall–Kier alpha value is 0.210. The van der Waals surface area contributed by atoms with Gasteiger partial charge in [0, 0.05) is 6.54 Å². The lowest BCUT2D eigenvalue weighted by Gasteiger charge is -2.02. The first-order valence-corrected chi connectivity index (χ1v) is 3.46. The summed E-state index contributed by atoms with van der Waals surface area (Å²) >= 11 is 0.988. The average molecular weight is 325 g/mol. The first kappa shape index (κ1) is 18.1. The van der Waals surface area contributed by atoms with Crippen molar-refractivity contribution in [1.82, 2.24) is 0 Å². The molecule has 0 aromatic rings. The lowest BCUT2D eigenvalue weighted by molar-refractivity contribution is -0.136. The van der Waals surface area contributed by atoms with Crippen LogP contribution in [0, 0.1) is 0 Å². The summed E-state index contributed by atoms with van der Waals surface area (Å²) in [5.74, 6) is 3.80. The normalized spacial score (nSPS) is 11.4. The summed E-state index contributed by atoms with van der Waals surface area (Å²) in [6.07, 6.45) is 0. The number of hydrazone groups is 1. The second-order valence-electron chi connectivity index (χ2n) is 1.45. The Kier molecular flexibility index (Phi) is 16.9. The summed E-state index contributed by atoms with van der Waals surface area (Å²) in [5.41, 5.74) is 6.37. The number of carboxylic acid groups (broad SMARTS) is 1. The number of carbonyl (C=O) groups is 1. The van der Waals surface area contributed by atoms with Gasteiger partial charge in [-0.05, 0) is 0 Å². The summed E-state index contributed by atoms with van der Waals surface area (Å²) in [7, 11) is 0. The Morgan fingerprint density at radius 2 is 2.17 bits per heavy atom. The molecule has 0 amide bonds. The van der Waals surface area contributed by atoms with E-state index in [2.05, 4.69) is 5.10 Å². The fourth-order valence-corrected chi connectivity index (χ4v) is 0.768. The third-order valence-electron chi connectivity index (χ3n) is 0.775. The predicted octanol–water partition coefficient (Wildman–Crippen LogP) is 0.189. The fourth-order valence-electron chi connectivity index (χ4n) is 0.323. The minimum atomic E-state index is -0.951. The van der Waals surface area contributed by atoms with E-state index in [1.165, 1.54) is 5.55 Å². The molecule has 0 rings (SSSR count). The van der Waals surface area contributed by atoms with Crippen LogP contribution >= 0.6 is 45.7 Å². The Labute approximate surface area is 95.5 Å². The van der Waals surface area contributed by atoms with E-state index in [0.717, 1.165) is 11.8 Å². The standard InChI is InChI=1S/C4H9N3O2S.2BrH/c5-1-3(4(8)9)10-2-7-6;;/h2-3H,1,5-6H2,(H,8,9);2*1H/b7-2+;;. The van der Waals surface area contributed by atoms with Crippen LogP contribution in [-0.4, -0.2) is 28.4 Å². The third kappa shape index (κ3) is 8.31. The van der Waals surface area contributed by atoms with Gasteiger partial charge in [-0.3, -0.25) is 4.79 Å². The number of carboxylic acids is 1. The predicted molar refractivity (Wildman–Crippen MR) is 61.4 cm³/mol. The summed E-state index contributed by atoms with van der Waals surface area (Å²) in [5, 5.41) is 10.9. The zero-order valence-electron chi connectivity index (χ0n) is 6.04. The van der Waals surface area contributed by atoms with Crippen LogP contribution in [0.5, 0.6) is 0 Å². The maximum absolute atomic E-state index is 10.2. The number of halogens is 2. The Bertz CT molecular complexity index is 146. The second kappa shape index (κ2) is 11.2. The molecule has 5 N–H and O–H groups in total. The molecule has 0 aromatic carbocycles. The first-order chi connectivity index (χ1) is 4.72. The summed E-state index contributed by atoms with van der Waals surface area (Å²) in [4.78, 5) is 10.2. The molecule has 0 saturated heterocycles. The van der Waals surface area contributed by atoms with Crippen LogP contribution in [0.1, 0.15) is 0 Å². The number of nitrogens with zero attached hydrogens (tertiary/aromatic N) is 1. The summed E-state index contributed by atoms with van der Waals surface area (Å²) in [6.45, 7) is 0.0754. The van der Waals surface area contributed by atoms with Crippen LogP contribution in [0.3, 0.4) is 0 Å². The van der Waals surface area contributed by atoms with Crippen molar-refractivity contribution in [3.63, 3.8) is 0 Å². The fraction of sp³-hybridized carbons (Fsp3) is 0.500. The molecule has 0 bridgehead atoms. The van der Waals surface area contributed by atoms with Crippen molar-refractivity contribution in [2.75, 3.05) is 6.54 Å². The van der Waals surface area contributed by atoms with Crippen molar-refractivity contribution in [3.05, 3.63) is 0 Å². The molecule has 0 aliphatic rings. The minimum Gasteiger partial charge on any atom is -0.480 e.